The van der Waals surface area contributed by atoms with Crippen LogP contribution in [0.2, 0.25) is 0 Å². The van der Waals surface area contributed by atoms with Gasteiger partial charge in [0.05, 0.1) is 5.88 Å². The first kappa shape index (κ1) is 16.7. The molecular weight excluding hydrogens is 281 g/mol. The number of halogens is 2. The minimum atomic E-state index is -0.881. The van der Waals surface area contributed by atoms with E-state index in [0.717, 1.165) is 4.90 Å². The summed E-state index contributed by atoms with van der Waals surface area (Å²) in [4.78, 5) is 34.8. The van der Waals surface area contributed by atoms with E-state index in [1.165, 1.54) is 6.08 Å². The van der Waals surface area contributed by atoms with Crippen LogP contribution in [0.3, 0.4) is 0 Å². The summed E-state index contributed by atoms with van der Waals surface area (Å²) < 4.78 is 4.63. The Balaban J connectivity index is 4.56. The molecule has 0 saturated carbocycles. The zero-order chi connectivity index (χ0) is 14.1. The molecule has 0 aromatic carbocycles. The van der Waals surface area contributed by atoms with Gasteiger partial charge in [-0.1, -0.05) is 12.7 Å². The highest BCUT2D eigenvalue weighted by atomic mass is 35.5. The molecule has 0 N–H and O–H groups in total. The molecule has 100 valence electrons. The van der Waals surface area contributed by atoms with Crippen LogP contribution in [0.4, 0.5) is 0 Å². The zero-order valence-electron chi connectivity index (χ0n) is 9.66. The fourth-order valence-electron chi connectivity index (χ4n) is 0.942. The summed E-state index contributed by atoms with van der Waals surface area (Å²) in [6.45, 7) is 6.48. The van der Waals surface area contributed by atoms with E-state index in [0.29, 0.717) is 0 Å². The molecule has 0 fully saturated rings. The monoisotopic (exact) mass is 293 g/mol. The molecule has 0 bridgehead atoms. The molecule has 0 atom stereocenters. The van der Waals surface area contributed by atoms with Crippen molar-refractivity contribution < 1.29 is 19.1 Å². The second-order valence-corrected chi connectivity index (χ2v) is 3.66. The van der Waals surface area contributed by atoms with Gasteiger partial charge in [-0.2, -0.15) is 0 Å². The third-order valence-corrected chi connectivity index (χ3v) is 2.33. The maximum absolute atomic E-state index is 11.5. The molecule has 0 aliphatic heterocycles. The zero-order valence-corrected chi connectivity index (χ0v) is 11.2. The third kappa shape index (κ3) is 5.33. The third-order valence-electron chi connectivity index (χ3n) is 1.80. The summed E-state index contributed by atoms with van der Waals surface area (Å²) in [6, 6.07) is 0. The molecule has 0 aliphatic carbocycles. The average molecular weight is 294 g/mol. The van der Waals surface area contributed by atoms with Crippen LogP contribution in [0, 0.1) is 0 Å². The van der Waals surface area contributed by atoms with Gasteiger partial charge >= 0.3 is 5.97 Å². The van der Waals surface area contributed by atoms with Gasteiger partial charge in [-0.15, -0.1) is 29.8 Å². The Hall–Kier alpha value is -1.33. The van der Waals surface area contributed by atoms with Crippen molar-refractivity contribution in [2.45, 2.75) is 0 Å². The van der Waals surface area contributed by atoms with Crippen molar-refractivity contribution in [3.63, 3.8) is 0 Å². The normalized spacial score (nSPS) is 9.44. The topological polar surface area (TPSA) is 63.7 Å². The number of Topliss-reactive ketones (excluding diaryl/α,β-unsaturated/α-hetero) is 1. The number of ketones is 1. The van der Waals surface area contributed by atoms with E-state index in [-0.39, 0.29) is 24.0 Å². The van der Waals surface area contributed by atoms with Crippen molar-refractivity contribution in [3.05, 3.63) is 24.9 Å². The second-order valence-electron chi connectivity index (χ2n) is 3.12. The Labute approximate surface area is 115 Å². The lowest BCUT2D eigenvalue weighted by Gasteiger charge is -2.20. The van der Waals surface area contributed by atoms with Crippen molar-refractivity contribution >= 4 is 40.9 Å². The van der Waals surface area contributed by atoms with E-state index in [9.17, 15) is 14.4 Å². The molecule has 0 heterocycles. The number of hydrogen-bond acceptors (Lipinski definition) is 4. The fourth-order valence-corrected chi connectivity index (χ4v) is 1.16. The van der Waals surface area contributed by atoms with Crippen molar-refractivity contribution in [1.82, 2.24) is 4.90 Å². The maximum Gasteiger partial charge on any atom is 0.354 e. The van der Waals surface area contributed by atoms with E-state index in [2.05, 4.69) is 17.9 Å². The Morgan fingerprint density at radius 1 is 1.22 bits per heavy atom. The van der Waals surface area contributed by atoms with E-state index in [1.54, 1.807) is 0 Å². The van der Waals surface area contributed by atoms with Gasteiger partial charge in [-0.3, -0.25) is 9.59 Å². The van der Waals surface area contributed by atoms with Gasteiger partial charge in [0, 0.05) is 6.54 Å². The number of amides is 1. The largest absolute Gasteiger partial charge is 0.453 e. The molecule has 0 radical (unpaired) electrons. The number of nitrogens with zero attached hydrogens (tertiary/aromatic N) is 1. The molecule has 0 spiro atoms. The highest BCUT2D eigenvalue weighted by molar-refractivity contribution is 6.28. The molecule has 0 aliphatic rings. The van der Waals surface area contributed by atoms with Gasteiger partial charge < -0.3 is 9.64 Å². The quantitative estimate of drug-likeness (QED) is 0.291. The van der Waals surface area contributed by atoms with E-state index in [1.807, 2.05) is 0 Å². The number of ether oxygens (including phenoxy) is 1. The Kier molecular flexibility index (Phi) is 8.07. The van der Waals surface area contributed by atoms with Crippen LogP contribution in [0.5, 0.6) is 0 Å². The minimum absolute atomic E-state index is 0.0724. The molecule has 0 aromatic rings. The predicted octanol–water partition coefficient (Wildman–Crippen LogP) is 1.10. The molecule has 18 heavy (non-hydrogen) atoms. The molecule has 0 aromatic heterocycles. The molecule has 7 heteroatoms. The van der Waals surface area contributed by atoms with Crippen molar-refractivity contribution in [1.29, 1.82) is 0 Å². The summed E-state index contributed by atoms with van der Waals surface area (Å²) in [5.41, 5.74) is -0.206. The summed E-state index contributed by atoms with van der Waals surface area (Å²) in [5.74, 6) is -2.40. The van der Waals surface area contributed by atoms with Crippen LogP contribution in [0.15, 0.2) is 24.9 Å². The highest BCUT2D eigenvalue weighted by Crippen LogP contribution is 2.06. The first-order chi connectivity index (χ1) is 8.47. The lowest BCUT2D eigenvalue weighted by atomic mass is 10.3. The number of carbonyl (C=O) groups excluding carboxylic acids is 3. The van der Waals surface area contributed by atoms with Crippen LogP contribution >= 0.6 is 23.2 Å². The first-order valence-corrected chi connectivity index (χ1v) is 5.95. The number of esters is 1. The van der Waals surface area contributed by atoms with Gasteiger partial charge in [0.2, 0.25) is 5.91 Å². The Bertz CT molecular complexity index is 368. The van der Waals surface area contributed by atoms with Gasteiger partial charge in [0.25, 0.3) is 0 Å². The van der Waals surface area contributed by atoms with Crippen molar-refractivity contribution in [2.24, 2.45) is 0 Å². The van der Waals surface area contributed by atoms with Crippen LogP contribution < -0.4 is 0 Å². The van der Waals surface area contributed by atoms with E-state index < -0.39 is 24.3 Å². The van der Waals surface area contributed by atoms with Crippen molar-refractivity contribution in [3.8, 4) is 0 Å². The second kappa shape index (κ2) is 8.72. The SMILES string of the molecule is C=CCN(C(=C)C(=O)OCC(=O)CCl)C(=O)CCl. The smallest absolute Gasteiger partial charge is 0.354 e. The number of carbonyl (C=O) groups is 3. The van der Waals surface area contributed by atoms with Crippen molar-refractivity contribution in [2.75, 3.05) is 24.9 Å². The maximum atomic E-state index is 11.5. The van der Waals surface area contributed by atoms with Crippen LogP contribution in [0.1, 0.15) is 0 Å². The lowest BCUT2D eigenvalue weighted by Crippen LogP contribution is -2.35. The summed E-state index contributed by atoms with van der Waals surface area (Å²) in [7, 11) is 0. The molecule has 5 nitrogen and oxygen atoms in total. The van der Waals surface area contributed by atoms with E-state index in [4.69, 9.17) is 23.2 Å². The number of alkyl halides is 2. The molecule has 1 amide bonds. The lowest BCUT2D eigenvalue weighted by molar-refractivity contribution is -0.146. The van der Waals surface area contributed by atoms with E-state index >= 15 is 0 Å². The van der Waals surface area contributed by atoms with Gasteiger partial charge in [0.15, 0.2) is 12.4 Å². The molecule has 0 unspecified atom stereocenters. The first-order valence-electron chi connectivity index (χ1n) is 4.88. The summed E-state index contributed by atoms with van der Waals surface area (Å²) in [5, 5.41) is 0. The number of rotatable bonds is 8. The molecule has 0 saturated heterocycles. The minimum Gasteiger partial charge on any atom is -0.453 e. The van der Waals surface area contributed by atoms with Crippen LogP contribution in [-0.4, -0.2) is 47.5 Å². The standard InChI is InChI=1S/C11H13Cl2NO4/c1-3-4-14(10(16)6-13)8(2)11(17)18-7-9(15)5-12/h3H,1-2,4-7H2. The van der Waals surface area contributed by atoms with Gasteiger partial charge in [-0.05, 0) is 0 Å². The van der Waals surface area contributed by atoms with Crippen LogP contribution in [-0.2, 0) is 19.1 Å². The molecule has 0 rings (SSSR count). The molecular formula is C11H13Cl2NO4. The Morgan fingerprint density at radius 3 is 2.28 bits per heavy atom. The highest BCUT2D eigenvalue weighted by Gasteiger charge is 2.21. The van der Waals surface area contributed by atoms with Crippen LogP contribution in [0.25, 0.3) is 0 Å². The van der Waals surface area contributed by atoms with Gasteiger partial charge in [0.1, 0.15) is 11.6 Å². The summed E-state index contributed by atoms with van der Waals surface area (Å²) >= 11 is 10.6. The Morgan fingerprint density at radius 2 is 1.83 bits per heavy atom. The summed E-state index contributed by atoms with van der Waals surface area (Å²) in [6.07, 6.45) is 1.41. The van der Waals surface area contributed by atoms with Gasteiger partial charge in [-0.25, -0.2) is 4.79 Å². The number of hydrogen-bond donors (Lipinski definition) is 0. The average Bonchev–Trinajstić information content (AvgIpc) is 2.39. The predicted molar refractivity (Wildman–Crippen MR) is 68.5 cm³/mol. The fraction of sp³-hybridized carbons (Fsp3) is 0.364.